The summed E-state index contributed by atoms with van der Waals surface area (Å²) in [5.74, 6) is 1.89. The first kappa shape index (κ1) is 70.4. The highest BCUT2D eigenvalue weighted by molar-refractivity contribution is 6.09. The smallest absolute Gasteiger partial charge is 0.182 e. The van der Waals surface area contributed by atoms with Crippen LogP contribution in [0.15, 0.2) is 109 Å². The third-order valence-electron chi connectivity index (χ3n) is 18.2. The molecule has 12 rings (SSSR count). The summed E-state index contributed by atoms with van der Waals surface area (Å²) < 4.78 is 93.1. The zero-order chi connectivity index (χ0) is 71.4. The SMILES string of the molecule is COc1ccc([C@H]2Oc3cc(CO)cc(OC)c3C(=O)[C@@H]2c2c(CO)cc(OC)c3c2O[C@H](c2ccc(OC)c(OC)c2)C(=O)C3)cc1OC.COc1ccc([C@H]2Oc3cc(CO)cc(OC)c3C(=O)[C@H]2c2c(CO)cc(OC)c3c2O[C@H](c2ccc(OC)c(OC)c2)C(=O)C3)cc1OC. The van der Waals surface area contributed by atoms with E-state index in [1.54, 1.807) is 109 Å². The predicted octanol–water partition coefficient (Wildman–Crippen LogP) is 10.1. The molecule has 8 aromatic rings. The van der Waals surface area contributed by atoms with Crippen molar-refractivity contribution < 1.29 is 115 Å². The standard InChI is InChI=1S/2C38H38O12/c2*1-43-25-9-7-20(13-28(25)46-4)36-24(41)16-23-27(45-3)15-22(18-40)32(38(23)50-36)34-35(42)33-30(48-6)11-19(17-39)12-31(33)49-37(34)21-8-10-26(44-2)29(14-21)47-5/h2*7-15,34,36-37,39-40H,16-18H2,1-6H3/t34-,36+,37+;34-,36-,37-/m01/s1. The molecular formula is C76H76O24. The van der Waals surface area contributed by atoms with Crippen LogP contribution in [-0.2, 0) is 48.9 Å². The minimum atomic E-state index is -1.13. The Balaban J connectivity index is 0.000000202. The summed E-state index contributed by atoms with van der Waals surface area (Å²) in [5.41, 5.74) is 5.56. The van der Waals surface area contributed by atoms with Gasteiger partial charge < -0.3 is 96.2 Å². The Morgan fingerprint density at radius 2 is 0.630 bits per heavy atom. The van der Waals surface area contributed by atoms with Gasteiger partial charge in [0.1, 0.15) is 69.3 Å². The first-order valence-corrected chi connectivity index (χ1v) is 31.5. The van der Waals surface area contributed by atoms with Crippen LogP contribution in [0, 0.1) is 0 Å². The summed E-state index contributed by atoms with van der Waals surface area (Å²) in [4.78, 5) is 57.5. The molecule has 0 amide bonds. The summed E-state index contributed by atoms with van der Waals surface area (Å²) in [6.07, 6.45) is -4.35. The number of hydrogen-bond donors (Lipinski definition) is 4. The van der Waals surface area contributed by atoms with Gasteiger partial charge in [-0.2, -0.15) is 0 Å². The Hall–Kier alpha value is -10.9. The highest BCUT2D eigenvalue weighted by atomic mass is 16.5. The number of methoxy groups -OCH3 is 12. The van der Waals surface area contributed by atoms with Gasteiger partial charge in [-0.3, -0.25) is 19.2 Å². The predicted molar refractivity (Wildman–Crippen MR) is 359 cm³/mol. The number of ether oxygens (including phenoxy) is 16. The molecule has 0 saturated carbocycles. The second-order valence-electron chi connectivity index (χ2n) is 23.4. The number of benzene rings is 8. The zero-order valence-corrected chi connectivity index (χ0v) is 57.1. The van der Waals surface area contributed by atoms with Crippen molar-refractivity contribution in [2.45, 2.75) is 75.5 Å². The fourth-order valence-corrected chi connectivity index (χ4v) is 13.4. The molecule has 0 saturated heterocycles. The summed E-state index contributed by atoms with van der Waals surface area (Å²) in [7, 11) is 17.8. The zero-order valence-electron chi connectivity index (χ0n) is 57.1. The summed E-state index contributed by atoms with van der Waals surface area (Å²) in [5, 5.41) is 41.7. The lowest BCUT2D eigenvalue weighted by Gasteiger charge is -2.37. The largest absolute Gasteiger partial charge is 0.496 e. The Labute approximate surface area is 576 Å². The number of aliphatic hydroxyl groups is 4. The van der Waals surface area contributed by atoms with Crippen molar-refractivity contribution in [2.75, 3.05) is 85.3 Å². The molecule has 4 heterocycles. The molecule has 100 heavy (non-hydrogen) atoms. The number of rotatable bonds is 22. The number of ketones is 4. The summed E-state index contributed by atoms with van der Waals surface area (Å²) in [6, 6.07) is 30.1. The van der Waals surface area contributed by atoms with Crippen molar-refractivity contribution in [1.82, 2.24) is 0 Å². The summed E-state index contributed by atoms with van der Waals surface area (Å²) >= 11 is 0. The van der Waals surface area contributed by atoms with Crippen molar-refractivity contribution in [1.29, 1.82) is 0 Å². The number of carbonyl (C=O) groups excluding carboxylic acids is 4. The molecule has 6 atom stereocenters. The Morgan fingerprint density at radius 3 is 0.920 bits per heavy atom. The average molecular weight is 1370 g/mol. The van der Waals surface area contributed by atoms with E-state index in [0.717, 1.165) is 0 Å². The van der Waals surface area contributed by atoms with Crippen LogP contribution in [-0.4, -0.2) is 129 Å². The van der Waals surface area contributed by atoms with Gasteiger partial charge in [0.15, 0.2) is 81.3 Å². The normalized spacial score (nSPS) is 17.9. The minimum Gasteiger partial charge on any atom is -0.496 e. The van der Waals surface area contributed by atoms with Gasteiger partial charge >= 0.3 is 0 Å². The van der Waals surface area contributed by atoms with E-state index < -0.39 is 61.0 Å². The van der Waals surface area contributed by atoms with Gasteiger partial charge in [0.25, 0.3) is 0 Å². The fourth-order valence-electron chi connectivity index (χ4n) is 13.4. The molecule has 4 aliphatic rings. The molecule has 0 spiro atoms. The second kappa shape index (κ2) is 30.1. The second-order valence-corrected chi connectivity index (χ2v) is 23.4. The van der Waals surface area contributed by atoms with Crippen LogP contribution < -0.4 is 75.8 Å². The van der Waals surface area contributed by atoms with Crippen LogP contribution in [0.5, 0.6) is 92.0 Å². The van der Waals surface area contributed by atoms with Crippen molar-refractivity contribution in [3.8, 4) is 92.0 Å². The summed E-state index contributed by atoms with van der Waals surface area (Å²) in [6.45, 7) is -1.61. The molecule has 0 aromatic heterocycles. The molecule has 0 radical (unpaired) electrons. The van der Waals surface area contributed by atoms with Gasteiger partial charge in [0.05, 0.1) is 124 Å². The van der Waals surface area contributed by atoms with E-state index in [0.29, 0.717) is 124 Å². The molecule has 24 nitrogen and oxygen atoms in total. The molecular weight excluding hydrogens is 1300 g/mol. The van der Waals surface area contributed by atoms with Gasteiger partial charge in [-0.1, -0.05) is 24.3 Å². The first-order valence-electron chi connectivity index (χ1n) is 31.5. The number of fused-ring (bicyclic) bond motifs is 4. The lowest BCUT2D eigenvalue weighted by atomic mass is 9.76. The maximum absolute atomic E-state index is 15.0. The molecule has 8 aromatic carbocycles. The van der Waals surface area contributed by atoms with Crippen LogP contribution in [0.1, 0.15) is 124 Å². The lowest BCUT2D eigenvalue weighted by molar-refractivity contribution is -0.127. The maximum atomic E-state index is 15.0. The molecule has 0 aliphatic carbocycles. The van der Waals surface area contributed by atoms with Crippen molar-refractivity contribution >= 4 is 23.1 Å². The average Bonchev–Trinajstić information content (AvgIpc) is 0.730. The molecule has 24 heteroatoms. The number of carbonyl (C=O) groups is 4. The van der Waals surface area contributed by atoms with Crippen LogP contribution in [0.25, 0.3) is 0 Å². The molecule has 0 fully saturated rings. The minimum absolute atomic E-state index is 0.0845. The third kappa shape index (κ3) is 12.7. The van der Waals surface area contributed by atoms with Gasteiger partial charge in [0, 0.05) is 46.2 Å². The van der Waals surface area contributed by atoms with E-state index in [9.17, 15) is 39.6 Å². The van der Waals surface area contributed by atoms with Crippen LogP contribution in [0.3, 0.4) is 0 Å². The van der Waals surface area contributed by atoms with E-state index in [4.69, 9.17) is 75.8 Å². The number of hydrogen-bond acceptors (Lipinski definition) is 24. The monoisotopic (exact) mass is 1370 g/mol. The highest BCUT2D eigenvalue weighted by Crippen LogP contribution is 2.57. The van der Waals surface area contributed by atoms with Gasteiger partial charge in [0.2, 0.25) is 0 Å². The van der Waals surface area contributed by atoms with E-state index in [-0.39, 0.29) is 83.2 Å². The van der Waals surface area contributed by atoms with E-state index in [1.807, 2.05) is 0 Å². The van der Waals surface area contributed by atoms with E-state index in [1.165, 1.54) is 85.3 Å². The number of Topliss-reactive ketones (excluding diaryl/α,β-unsaturated/α-hetero) is 4. The third-order valence-corrected chi connectivity index (χ3v) is 18.2. The Bertz CT molecular complexity index is 4180. The van der Waals surface area contributed by atoms with Crippen molar-refractivity contribution in [2.24, 2.45) is 0 Å². The molecule has 0 unspecified atom stereocenters. The number of aliphatic hydroxyl groups excluding tert-OH is 4. The van der Waals surface area contributed by atoms with Crippen LogP contribution >= 0.6 is 0 Å². The Morgan fingerprint density at radius 1 is 0.330 bits per heavy atom. The maximum Gasteiger partial charge on any atom is 0.182 e. The quantitative estimate of drug-likeness (QED) is 0.0490. The van der Waals surface area contributed by atoms with Gasteiger partial charge in [-0.05, 0) is 118 Å². The first-order chi connectivity index (χ1) is 48.5. The molecule has 0 bridgehead atoms. The molecule has 524 valence electrons. The molecule has 4 aliphatic heterocycles. The van der Waals surface area contributed by atoms with Crippen molar-refractivity contribution in [3.05, 3.63) is 187 Å². The van der Waals surface area contributed by atoms with E-state index >= 15 is 0 Å². The van der Waals surface area contributed by atoms with Crippen LogP contribution in [0.2, 0.25) is 0 Å². The fraction of sp³-hybridized carbons (Fsp3) is 0.316. The van der Waals surface area contributed by atoms with Gasteiger partial charge in [-0.25, -0.2) is 0 Å². The van der Waals surface area contributed by atoms with Crippen molar-refractivity contribution in [3.63, 3.8) is 0 Å². The highest BCUT2D eigenvalue weighted by Gasteiger charge is 2.49. The molecule has 4 N–H and O–H groups in total. The Kier molecular flexibility index (Phi) is 21.2. The lowest BCUT2D eigenvalue weighted by Crippen LogP contribution is -2.34. The topological polar surface area (TPSA) is 297 Å². The van der Waals surface area contributed by atoms with Gasteiger partial charge in [-0.15, -0.1) is 0 Å². The van der Waals surface area contributed by atoms with Crippen LogP contribution in [0.4, 0.5) is 0 Å². The van der Waals surface area contributed by atoms with E-state index in [2.05, 4.69) is 0 Å².